The highest BCUT2D eigenvalue weighted by molar-refractivity contribution is 7.92. The van der Waals surface area contributed by atoms with Gasteiger partial charge in [0.2, 0.25) is 0 Å². The van der Waals surface area contributed by atoms with E-state index < -0.39 is 27.4 Å². The summed E-state index contributed by atoms with van der Waals surface area (Å²) in [6, 6.07) is 14.8. The number of carbonyl (C=O) groups is 1. The van der Waals surface area contributed by atoms with Gasteiger partial charge in [0.1, 0.15) is 18.0 Å². The number of nitrogens with one attached hydrogen (secondary N) is 1. The van der Waals surface area contributed by atoms with Crippen molar-refractivity contribution in [2.45, 2.75) is 25.2 Å². The van der Waals surface area contributed by atoms with Crippen LogP contribution in [0.25, 0.3) is 0 Å². The number of rotatable bonds is 12. The lowest BCUT2D eigenvalue weighted by atomic mass is 10.2. The average Bonchev–Trinajstić information content (AvgIpc) is 2.91. The molecule has 0 spiro atoms. The van der Waals surface area contributed by atoms with Crippen molar-refractivity contribution in [1.82, 2.24) is 5.43 Å². The fourth-order valence-electron chi connectivity index (χ4n) is 3.45. The zero-order valence-electron chi connectivity index (χ0n) is 21.5. The fraction of sp³-hybridized carbons (Fsp3) is 0.231. The number of aryl methyl sites for hydroxylation is 1. The fourth-order valence-corrected chi connectivity index (χ4v) is 5.06. The summed E-state index contributed by atoms with van der Waals surface area (Å²) in [5.41, 5.74) is 2.85. The van der Waals surface area contributed by atoms with Crippen LogP contribution < -0.4 is 19.2 Å². The summed E-state index contributed by atoms with van der Waals surface area (Å²) in [5, 5.41) is 15.5. The number of ether oxygens (including phenoxy) is 2. The first-order valence-corrected chi connectivity index (χ1v) is 13.5. The molecular formula is C26H27ClN4O7S. The predicted molar refractivity (Wildman–Crippen MR) is 148 cm³/mol. The maximum atomic E-state index is 13.7. The molecule has 3 aromatic rings. The molecule has 3 rings (SSSR count). The summed E-state index contributed by atoms with van der Waals surface area (Å²) in [6.07, 6.45) is 2.27. The second-order valence-electron chi connectivity index (χ2n) is 8.24. The second kappa shape index (κ2) is 13.1. The molecule has 0 aromatic heterocycles. The normalized spacial score (nSPS) is 11.3. The summed E-state index contributed by atoms with van der Waals surface area (Å²) in [7, 11) is -3.17. The van der Waals surface area contributed by atoms with E-state index in [1.54, 1.807) is 24.3 Å². The summed E-state index contributed by atoms with van der Waals surface area (Å²) < 4.78 is 39.0. The third-order valence-electron chi connectivity index (χ3n) is 5.42. The molecule has 206 valence electrons. The highest BCUT2D eigenvalue weighted by atomic mass is 35.5. The van der Waals surface area contributed by atoms with Crippen LogP contribution >= 0.6 is 11.6 Å². The number of methoxy groups -OCH3 is 1. The lowest BCUT2D eigenvalue weighted by molar-refractivity contribution is -0.385. The number of anilines is 1. The third kappa shape index (κ3) is 7.45. The van der Waals surface area contributed by atoms with Gasteiger partial charge in [-0.3, -0.25) is 19.2 Å². The Morgan fingerprint density at radius 1 is 1.15 bits per heavy atom. The van der Waals surface area contributed by atoms with Crippen LogP contribution in [0.15, 0.2) is 70.7 Å². The number of hydrogen-bond acceptors (Lipinski definition) is 8. The first kappa shape index (κ1) is 29.4. The minimum atomic E-state index is -4.50. The molecule has 0 bridgehead atoms. The summed E-state index contributed by atoms with van der Waals surface area (Å²) in [4.78, 5) is 23.2. The van der Waals surface area contributed by atoms with E-state index in [1.165, 1.54) is 50.6 Å². The number of sulfonamides is 1. The Kier molecular flexibility index (Phi) is 9.85. The first-order chi connectivity index (χ1) is 18.6. The zero-order chi connectivity index (χ0) is 28.6. The van der Waals surface area contributed by atoms with Crippen LogP contribution in [0, 0.1) is 17.0 Å². The molecule has 0 radical (unpaired) electrons. The van der Waals surface area contributed by atoms with E-state index in [-0.39, 0.29) is 32.6 Å². The Labute approximate surface area is 231 Å². The van der Waals surface area contributed by atoms with Crippen molar-refractivity contribution in [2.75, 3.05) is 24.6 Å². The minimum Gasteiger partial charge on any atom is -0.495 e. The van der Waals surface area contributed by atoms with Gasteiger partial charge >= 0.3 is 0 Å². The molecule has 0 fully saturated rings. The molecule has 0 saturated heterocycles. The molecule has 0 saturated carbocycles. The molecule has 0 aliphatic rings. The van der Waals surface area contributed by atoms with Gasteiger partial charge in [-0.2, -0.15) is 5.10 Å². The molecule has 13 heteroatoms. The van der Waals surface area contributed by atoms with Crippen LogP contribution in [0.4, 0.5) is 11.4 Å². The van der Waals surface area contributed by atoms with E-state index in [0.717, 1.165) is 16.8 Å². The number of nitro groups is 1. The molecule has 39 heavy (non-hydrogen) atoms. The number of amides is 1. The molecule has 1 amide bonds. The van der Waals surface area contributed by atoms with Gasteiger partial charge < -0.3 is 9.47 Å². The van der Waals surface area contributed by atoms with Crippen LogP contribution in [-0.2, 0) is 14.8 Å². The Bertz CT molecular complexity index is 1480. The van der Waals surface area contributed by atoms with Gasteiger partial charge in [-0.15, -0.1) is 0 Å². The topological polar surface area (TPSA) is 140 Å². The summed E-state index contributed by atoms with van der Waals surface area (Å²) in [5.74, 6) is 0.0401. The van der Waals surface area contributed by atoms with Gasteiger partial charge in [-0.25, -0.2) is 13.8 Å². The minimum absolute atomic E-state index is 0.0324. The number of carbonyl (C=O) groups excluding carboxylic acids is 1. The highest BCUT2D eigenvalue weighted by Gasteiger charge is 2.31. The van der Waals surface area contributed by atoms with E-state index in [9.17, 15) is 23.3 Å². The van der Waals surface area contributed by atoms with Gasteiger partial charge in [-0.05, 0) is 67.4 Å². The molecule has 3 aromatic carbocycles. The Balaban J connectivity index is 1.90. The van der Waals surface area contributed by atoms with E-state index in [0.29, 0.717) is 17.9 Å². The van der Waals surface area contributed by atoms with Crippen molar-refractivity contribution >= 4 is 45.1 Å². The van der Waals surface area contributed by atoms with Crippen LogP contribution in [0.2, 0.25) is 5.02 Å². The van der Waals surface area contributed by atoms with Crippen molar-refractivity contribution in [3.63, 3.8) is 0 Å². The van der Waals surface area contributed by atoms with Crippen LogP contribution in [0.3, 0.4) is 0 Å². The lowest BCUT2D eigenvalue weighted by Gasteiger charge is -2.25. The number of hydrazone groups is 1. The van der Waals surface area contributed by atoms with Crippen molar-refractivity contribution in [3.05, 3.63) is 86.9 Å². The molecular weight excluding hydrogens is 548 g/mol. The molecule has 11 nitrogen and oxygen atoms in total. The van der Waals surface area contributed by atoms with Crippen molar-refractivity contribution < 1.29 is 27.6 Å². The predicted octanol–water partition coefficient (Wildman–Crippen LogP) is 4.70. The quantitative estimate of drug-likeness (QED) is 0.188. The maximum Gasteiger partial charge on any atom is 0.273 e. The number of hydrogen-bond donors (Lipinski definition) is 1. The Hall–Kier alpha value is -4.16. The van der Waals surface area contributed by atoms with E-state index >= 15 is 0 Å². The molecule has 0 unspecified atom stereocenters. The third-order valence-corrected chi connectivity index (χ3v) is 7.41. The standard InChI is InChI=1S/C26H27ClN4O7S/c1-4-13-38-21-9-6-19(7-10-21)16-28-29-26(32)17-30(24-14-20(27)8-12-25(24)37-3)39(35,36)22-11-5-18(2)23(15-22)31(33)34/h5-12,14-16H,4,13,17H2,1-3H3,(H,29,32)/b28-16-. The van der Waals surface area contributed by atoms with Crippen LogP contribution in [0.5, 0.6) is 11.5 Å². The van der Waals surface area contributed by atoms with Crippen LogP contribution in [-0.4, -0.2) is 45.7 Å². The maximum absolute atomic E-state index is 13.7. The van der Waals surface area contributed by atoms with Gasteiger partial charge in [0.25, 0.3) is 21.6 Å². The summed E-state index contributed by atoms with van der Waals surface area (Å²) in [6.45, 7) is 3.37. The summed E-state index contributed by atoms with van der Waals surface area (Å²) >= 11 is 6.13. The smallest absolute Gasteiger partial charge is 0.273 e. The zero-order valence-corrected chi connectivity index (χ0v) is 23.0. The van der Waals surface area contributed by atoms with Crippen LogP contribution in [0.1, 0.15) is 24.5 Å². The lowest BCUT2D eigenvalue weighted by Crippen LogP contribution is -2.39. The van der Waals surface area contributed by atoms with Gasteiger partial charge in [0.15, 0.2) is 0 Å². The van der Waals surface area contributed by atoms with Gasteiger partial charge in [0, 0.05) is 16.7 Å². The molecule has 0 aliphatic carbocycles. The van der Waals surface area contributed by atoms with E-state index in [1.807, 2.05) is 6.92 Å². The van der Waals surface area contributed by atoms with Gasteiger partial charge in [-0.1, -0.05) is 24.6 Å². The molecule has 0 atom stereocenters. The van der Waals surface area contributed by atoms with E-state index in [4.69, 9.17) is 21.1 Å². The Morgan fingerprint density at radius 2 is 1.87 bits per heavy atom. The number of halogens is 1. The van der Waals surface area contributed by atoms with Crippen molar-refractivity contribution in [3.8, 4) is 11.5 Å². The molecule has 0 heterocycles. The number of nitrogens with zero attached hydrogens (tertiary/aromatic N) is 3. The number of benzene rings is 3. The van der Waals surface area contributed by atoms with Gasteiger partial charge in [0.05, 0.1) is 35.4 Å². The highest BCUT2D eigenvalue weighted by Crippen LogP contribution is 2.35. The monoisotopic (exact) mass is 574 g/mol. The van der Waals surface area contributed by atoms with Crippen molar-refractivity contribution in [1.29, 1.82) is 0 Å². The number of nitro benzene ring substituents is 1. The van der Waals surface area contributed by atoms with E-state index in [2.05, 4.69) is 10.5 Å². The average molecular weight is 575 g/mol. The Morgan fingerprint density at radius 3 is 2.51 bits per heavy atom. The molecule has 0 aliphatic heterocycles. The molecule has 1 N–H and O–H groups in total. The second-order valence-corrected chi connectivity index (χ2v) is 10.5. The first-order valence-electron chi connectivity index (χ1n) is 11.7. The largest absolute Gasteiger partial charge is 0.495 e. The van der Waals surface area contributed by atoms with Crippen molar-refractivity contribution in [2.24, 2.45) is 5.10 Å². The SMILES string of the molecule is CCCOc1ccc(/C=N\NC(=O)CN(c2cc(Cl)ccc2OC)S(=O)(=O)c2ccc(C)c([N+](=O)[O-])c2)cc1.